The molecule has 1 aromatic carbocycles. The van der Waals surface area contributed by atoms with E-state index in [1.807, 2.05) is 19.1 Å². The molecule has 0 saturated carbocycles. The average molecular weight is 545 g/mol. The summed E-state index contributed by atoms with van der Waals surface area (Å²) in [6.45, 7) is 5.33. The van der Waals surface area contributed by atoms with Gasteiger partial charge in [0.1, 0.15) is 0 Å². The quantitative estimate of drug-likeness (QED) is 0.297. The van der Waals surface area contributed by atoms with Crippen molar-refractivity contribution < 1.29 is 19.1 Å². The SMILES string of the molecule is CCCCCCCCOc1c(Br)cc(C2C3=C(CCCC3=O)NC3=C2C(=O)CCC3)cc1OCC. The third kappa shape index (κ3) is 5.84. The van der Waals surface area contributed by atoms with Gasteiger partial charge in [0.2, 0.25) is 0 Å². The number of ketones is 2. The fourth-order valence-electron chi connectivity index (χ4n) is 5.53. The van der Waals surface area contributed by atoms with Crippen molar-refractivity contribution in [3.63, 3.8) is 0 Å². The summed E-state index contributed by atoms with van der Waals surface area (Å²) in [5.41, 5.74) is 4.44. The highest BCUT2D eigenvalue weighted by molar-refractivity contribution is 9.10. The van der Waals surface area contributed by atoms with Gasteiger partial charge in [-0.3, -0.25) is 9.59 Å². The second-order valence-corrected chi connectivity index (χ2v) is 10.6. The summed E-state index contributed by atoms with van der Waals surface area (Å²) in [6.07, 6.45) is 11.7. The second-order valence-electron chi connectivity index (χ2n) is 9.78. The first-order valence-corrected chi connectivity index (χ1v) is 14.2. The zero-order valence-corrected chi connectivity index (χ0v) is 22.7. The molecule has 1 N–H and O–H groups in total. The lowest BCUT2D eigenvalue weighted by Crippen LogP contribution is -2.36. The van der Waals surface area contributed by atoms with Crippen molar-refractivity contribution in [3.8, 4) is 11.5 Å². The molecule has 0 spiro atoms. The maximum atomic E-state index is 13.1. The first kappa shape index (κ1) is 26.0. The van der Waals surface area contributed by atoms with Crippen LogP contribution >= 0.6 is 15.9 Å². The van der Waals surface area contributed by atoms with E-state index >= 15 is 0 Å². The van der Waals surface area contributed by atoms with Crippen LogP contribution in [0.5, 0.6) is 11.5 Å². The fraction of sp³-hybridized carbons (Fsp3) is 0.586. The maximum Gasteiger partial charge on any atom is 0.175 e. The second kappa shape index (κ2) is 12.2. The van der Waals surface area contributed by atoms with Crippen molar-refractivity contribution in [1.29, 1.82) is 0 Å². The summed E-state index contributed by atoms with van der Waals surface area (Å²) in [7, 11) is 0. The van der Waals surface area contributed by atoms with Crippen LogP contribution in [0.4, 0.5) is 0 Å². The Hall–Kier alpha value is -2.08. The van der Waals surface area contributed by atoms with Gasteiger partial charge in [-0.1, -0.05) is 39.0 Å². The molecule has 0 amide bonds. The normalized spacial score (nSPS) is 18.4. The Labute approximate surface area is 217 Å². The summed E-state index contributed by atoms with van der Waals surface area (Å²) in [4.78, 5) is 26.3. The summed E-state index contributed by atoms with van der Waals surface area (Å²) in [5.74, 6) is 1.31. The number of nitrogens with one attached hydrogen (secondary N) is 1. The van der Waals surface area contributed by atoms with Crippen LogP contribution in [0.2, 0.25) is 0 Å². The van der Waals surface area contributed by atoms with Crippen molar-refractivity contribution in [3.05, 3.63) is 44.7 Å². The first-order chi connectivity index (χ1) is 17.0. The minimum Gasteiger partial charge on any atom is -0.490 e. The van der Waals surface area contributed by atoms with Gasteiger partial charge in [0, 0.05) is 41.3 Å². The molecular formula is C29H38BrNO4. The molecule has 3 aliphatic rings. The first-order valence-electron chi connectivity index (χ1n) is 13.4. The van der Waals surface area contributed by atoms with Gasteiger partial charge in [-0.25, -0.2) is 0 Å². The third-order valence-corrected chi connectivity index (χ3v) is 7.79. The van der Waals surface area contributed by atoms with Crippen molar-refractivity contribution in [1.82, 2.24) is 5.32 Å². The molecule has 0 atom stereocenters. The molecule has 0 unspecified atom stereocenters. The highest BCUT2D eigenvalue weighted by Gasteiger charge is 2.40. The minimum absolute atomic E-state index is 0.145. The number of Topliss-reactive ketones (excluding diaryl/α,β-unsaturated/α-hetero) is 2. The predicted octanol–water partition coefficient (Wildman–Crippen LogP) is 7.29. The largest absolute Gasteiger partial charge is 0.490 e. The Morgan fingerprint density at radius 3 is 2.11 bits per heavy atom. The number of carbonyl (C=O) groups is 2. The third-order valence-electron chi connectivity index (χ3n) is 7.20. The number of benzene rings is 1. The van der Waals surface area contributed by atoms with Crippen LogP contribution in [-0.4, -0.2) is 24.8 Å². The Balaban J connectivity index is 1.64. The molecule has 1 aromatic rings. The number of allylic oxidation sites excluding steroid dienone is 4. The van der Waals surface area contributed by atoms with E-state index in [2.05, 4.69) is 28.2 Å². The maximum absolute atomic E-state index is 13.1. The van der Waals surface area contributed by atoms with E-state index in [4.69, 9.17) is 9.47 Å². The molecule has 6 heteroatoms. The van der Waals surface area contributed by atoms with Gasteiger partial charge >= 0.3 is 0 Å². The fourth-order valence-corrected chi connectivity index (χ4v) is 6.11. The standard InChI is InChI=1S/C29H38BrNO4/c1-3-5-6-7-8-9-16-35-29-20(30)17-19(18-25(29)34-4-2)26-27-21(12-10-14-23(27)32)31-22-13-11-15-24(33)28(22)26/h17-18,26,31H,3-16H2,1-2H3. The van der Waals surface area contributed by atoms with Crippen molar-refractivity contribution in [2.24, 2.45) is 0 Å². The number of carbonyl (C=O) groups excluding carboxylic acids is 2. The lowest BCUT2D eigenvalue weighted by molar-refractivity contribution is -0.117. The van der Waals surface area contributed by atoms with Gasteiger partial charge in [0.15, 0.2) is 23.1 Å². The summed E-state index contributed by atoms with van der Waals surface area (Å²) in [6, 6.07) is 4.01. The lowest BCUT2D eigenvalue weighted by atomic mass is 9.71. The van der Waals surface area contributed by atoms with Crippen LogP contribution in [0.3, 0.4) is 0 Å². The van der Waals surface area contributed by atoms with E-state index < -0.39 is 0 Å². The molecule has 5 nitrogen and oxygen atoms in total. The number of ether oxygens (including phenoxy) is 2. The lowest BCUT2D eigenvalue weighted by Gasteiger charge is -2.37. The highest BCUT2D eigenvalue weighted by atomic mass is 79.9. The Morgan fingerprint density at radius 2 is 1.49 bits per heavy atom. The molecule has 0 bridgehead atoms. The zero-order valence-electron chi connectivity index (χ0n) is 21.1. The molecule has 0 fully saturated rings. The van der Waals surface area contributed by atoms with Crippen LogP contribution in [0.1, 0.15) is 102 Å². The van der Waals surface area contributed by atoms with Crippen LogP contribution < -0.4 is 14.8 Å². The number of hydrogen-bond donors (Lipinski definition) is 1. The summed E-state index contributed by atoms with van der Waals surface area (Å²) >= 11 is 3.72. The number of halogens is 1. The van der Waals surface area contributed by atoms with Crippen molar-refractivity contribution in [2.75, 3.05) is 13.2 Å². The van der Waals surface area contributed by atoms with Gasteiger partial charge in [-0.05, 0) is 72.7 Å². The molecule has 0 saturated heterocycles. The molecule has 190 valence electrons. The van der Waals surface area contributed by atoms with Gasteiger partial charge in [0.25, 0.3) is 0 Å². The smallest absolute Gasteiger partial charge is 0.175 e. The molecule has 1 aliphatic heterocycles. The monoisotopic (exact) mass is 543 g/mol. The Morgan fingerprint density at radius 1 is 0.857 bits per heavy atom. The molecule has 4 rings (SSSR count). The predicted molar refractivity (Wildman–Crippen MR) is 142 cm³/mol. The van der Waals surface area contributed by atoms with E-state index in [1.165, 1.54) is 25.7 Å². The minimum atomic E-state index is -0.343. The van der Waals surface area contributed by atoms with Crippen molar-refractivity contribution >= 4 is 27.5 Å². The topological polar surface area (TPSA) is 64.6 Å². The van der Waals surface area contributed by atoms with E-state index in [9.17, 15) is 9.59 Å². The zero-order chi connectivity index (χ0) is 24.8. The molecule has 0 aromatic heterocycles. The molecule has 2 aliphatic carbocycles. The highest BCUT2D eigenvalue weighted by Crippen LogP contribution is 2.48. The van der Waals surface area contributed by atoms with E-state index in [-0.39, 0.29) is 17.5 Å². The molecule has 35 heavy (non-hydrogen) atoms. The van der Waals surface area contributed by atoms with Gasteiger partial charge in [0.05, 0.1) is 17.7 Å². The summed E-state index contributed by atoms with van der Waals surface area (Å²) in [5, 5.41) is 3.49. The average Bonchev–Trinajstić information content (AvgIpc) is 2.84. The van der Waals surface area contributed by atoms with E-state index in [1.54, 1.807) is 0 Å². The summed E-state index contributed by atoms with van der Waals surface area (Å²) < 4.78 is 13.0. The van der Waals surface area contributed by atoms with Gasteiger partial charge in [-0.15, -0.1) is 0 Å². The van der Waals surface area contributed by atoms with Gasteiger partial charge in [-0.2, -0.15) is 0 Å². The van der Waals surface area contributed by atoms with Crippen LogP contribution in [0, 0.1) is 0 Å². The number of hydrogen-bond acceptors (Lipinski definition) is 5. The Bertz CT molecular complexity index is 984. The molecular weight excluding hydrogens is 506 g/mol. The van der Waals surface area contributed by atoms with Gasteiger partial charge < -0.3 is 14.8 Å². The Kier molecular flexibility index (Phi) is 9.10. The molecule has 0 radical (unpaired) electrons. The van der Waals surface area contributed by atoms with Crippen LogP contribution in [0.15, 0.2) is 39.1 Å². The number of unbranched alkanes of at least 4 members (excludes halogenated alkanes) is 5. The van der Waals surface area contributed by atoms with Crippen LogP contribution in [-0.2, 0) is 9.59 Å². The van der Waals surface area contributed by atoms with Crippen LogP contribution in [0.25, 0.3) is 0 Å². The van der Waals surface area contributed by atoms with E-state index in [0.29, 0.717) is 37.6 Å². The molecule has 1 heterocycles. The number of rotatable bonds is 11. The number of dihydropyridines is 1. The van der Waals surface area contributed by atoms with E-state index in [0.717, 1.165) is 71.1 Å². The van der Waals surface area contributed by atoms with Crippen molar-refractivity contribution in [2.45, 2.75) is 96.8 Å².